The van der Waals surface area contributed by atoms with Gasteiger partial charge in [0, 0.05) is 13.1 Å². The van der Waals surface area contributed by atoms with E-state index in [9.17, 15) is 8.42 Å². The lowest BCUT2D eigenvalue weighted by Crippen LogP contribution is -2.30. The van der Waals surface area contributed by atoms with Gasteiger partial charge < -0.3 is 9.64 Å². The first-order valence-electron chi connectivity index (χ1n) is 7.45. The van der Waals surface area contributed by atoms with Crippen LogP contribution in [0, 0.1) is 0 Å². The Bertz CT molecular complexity index is 802. The van der Waals surface area contributed by atoms with Crippen molar-refractivity contribution < 1.29 is 13.2 Å². The molecule has 2 N–H and O–H groups in total. The molecule has 0 atom stereocenters. The molecule has 0 amide bonds. The molecule has 0 aliphatic carbocycles. The largest absolute Gasteiger partial charge is 0.494 e. The van der Waals surface area contributed by atoms with Crippen LogP contribution in [0.5, 0.6) is 5.75 Å². The average Bonchev–Trinajstić information content (AvgIpc) is 3.02. The number of hydrogen-bond acceptors (Lipinski definition) is 6. The van der Waals surface area contributed by atoms with Gasteiger partial charge in [0.1, 0.15) is 5.75 Å². The zero-order chi connectivity index (χ0) is 16.4. The minimum Gasteiger partial charge on any atom is -0.494 e. The van der Waals surface area contributed by atoms with Crippen molar-refractivity contribution >= 4 is 26.5 Å². The zero-order valence-corrected chi connectivity index (χ0v) is 14.5. The minimum absolute atomic E-state index is 0.0987. The maximum absolute atomic E-state index is 11.4. The summed E-state index contributed by atoms with van der Waals surface area (Å²) in [7, 11) is -3.68. The highest BCUT2D eigenvalue weighted by atomic mass is 32.2. The lowest BCUT2D eigenvalue weighted by Gasteiger charge is -2.28. The fourth-order valence-electron chi connectivity index (χ4n) is 2.53. The van der Waals surface area contributed by atoms with E-state index in [0.29, 0.717) is 11.7 Å². The molecule has 2 aromatic rings. The Hall–Kier alpha value is -1.64. The second kappa shape index (κ2) is 6.46. The quantitative estimate of drug-likeness (QED) is 0.890. The molecule has 6 nitrogen and oxygen atoms in total. The van der Waals surface area contributed by atoms with Gasteiger partial charge in [0.05, 0.1) is 12.8 Å². The summed E-state index contributed by atoms with van der Waals surface area (Å²) in [5.41, 5.74) is 2.49. The lowest BCUT2D eigenvalue weighted by molar-refractivity contribution is 0.317. The smallest absolute Gasteiger partial charge is 0.249 e. The van der Waals surface area contributed by atoms with Crippen LogP contribution in [0.1, 0.15) is 24.5 Å². The summed E-state index contributed by atoms with van der Waals surface area (Å²) in [4.78, 5) is 6.28. The van der Waals surface area contributed by atoms with E-state index in [1.54, 1.807) is 0 Å². The summed E-state index contributed by atoms with van der Waals surface area (Å²) < 4.78 is 28.5. The van der Waals surface area contributed by atoms with Crippen LogP contribution in [-0.4, -0.2) is 26.6 Å². The molecule has 2 heterocycles. The van der Waals surface area contributed by atoms with E-state index in [4.69, 9.17) is 9.88 Å². The van der Waals surface area contributed by atoms with Gasteiger partial charge in [-0.2, -0.15) is 0 Å². The Balaban J connectivity index is 1.76. The third kappa shape index (κ3) is 3.65. The summed E-state index contributed by atoms with van der Waals surface area (Å²) in [5, 5.41) is 5.83. The minimum atomic E-state index is -3.68. The number of benzene rings is 1. The molecular formula is C15H19N3O3S2. The predicted molar refractivity (Wildman–Crippen MR) is 90.5 cm³/mol. The molecule has 1 aliphatic heterocycles. The third-order valence-electron chi connectivity index (χ3n) is 3.69. The molecule has 0 radical (unpaired) electrons. The molecule has 1 aromatic carbocycles. The van der Waals surface area contributed by atoms with Crippen molar-refractivity contribution in [2.24, 2.45) is 5.14 Å². The molecule has 0 saturated carbocycles. The van der Waals surface area contributed by atoms with Crippen molar-refractivity contribution in [1.29, 1.82) is 0 Å². The highest BCUT2D eigenvalue weighted by molar-refractivity contribution is 7.91. The van der Waals surface area contributed by atoms with Gasteiger partial charge in [-0.1, -0.05) is 24.3 Å². The highest BCUT2D eigenvalue weighted by Gasteiger charge is 2.21. The molecule has 124 valence electrons. The first-order chi connectivity index (χ1) is 11.0. The van der Waals surface area contributed by atoms with Crippen molar-refractivity contribution in [1.82, 2.24) is 4.98 Å². The van der Waals surface area contributed by atoms with Crippen LogP contribution in [0.4, 0.5) is 5.13 Å². The van der Waals surface area contributed by atoms with E-state index in [1.807, 2.05) is 6.07 Å². The number of sulfonamides is 1. The van der Waals surface area contributed by atoms with Crippen molar-refractivity contribution in [3.8, 4) is 5.75 Å². The van der Waals surface area contributed by atoms with Gasteiger partial charge in [-0.05, 0) is 36.1 Å². The monoisotopic (exact) mass is 353 g/mol. The molecule has 0 saturated heterocycles. The zero-order valence-electron chi connectivity index (χ0n) is 12.9. The number of primary sulfonamides is 1. The maximum atomic E-state index is 11.4. The molecule has 8 heteroatoms. The van der Waals surface area contributed by atoms with Gasteiger partial charge >= 0.3 is 0 Å². The van der Waals surface area contributed by atoms with E-state index >= 15 is 0 Å². The summed E-state index contributed by atoms with van der Waals surface area (Å²) >= 11 is 1.11. The number of ether oxygens (including phenoxy) is 1. The van der Waals surface area contributed by atoms with E-state index in [1.165, 1.54) is 17.3 Å². The number of nitrogens with zero attached hydrogens (tertiary/aromatic N) is 2. The van der Waals surface area contributed by atoms with Gasteiger partial charge in [-0.15, -0.1) is 0 Å². The summed E-state index contributed by atoms with van der Waals surface area (Å²) in [5.74, 6) is 0.907. The number of rotatable bonds is 5. The number of thiazole rings is 1. The number of aromatic nitrogens is 1. The maximum Gasteiger partial charge on any atom is 0.249 e. The van der Waals surface area contributed by atoms with Crippen molar-refractivity contribution in [2.45, 2.75) is 30.5 Å². The Morgan fingerprint density at radius 2 is 2.22 bits per heavy atom. The van der Waals surface area contributed by atoms with E-state index < -0.39 is 10.0 Å². The standard InChI is InChI=1S/C15H19N3O3S2/c1-2-7-21-13-4-3-12-10-18(6-5-11(12)8-13)15-17-9-14(22-15)23(16,19)20/h3-4,8-9H,2,5-7,10H2,1H3,(H2,16,19,20). The van der Waals surface area contributed by atoms with Gasteiger partial charge in [0.2, 0.25) is 10.0 Å². The summed E-state index contributed by atoms with van der Waals surface area (Å²) in [6.45, 7) is 4.31. The predicted octanol–water partition coefficient (Wildman–Crippen LogP) is 2.14. The van der Waals surface area contributed by atoms with Crippen LogP contribution in [0.25, 0.3) is 0 Å². The Morgan fingerprint density at radius 3 is 2.91 bits per heavy atom. The summed E-state index contributed by atoms with van der Waals surface area (Å²) in [6, 6.07) is 6.15. The van der Waals surface area contributed by atoms with Crippen molar-refractivity contribution in [3.05, 3.63) is 35.5 Å². The molecule has 1 aromatic heterocycles. The fraction of sp³-hybridized carbons (Fsp3) is 0.400. The van der Waals surface area contributed by atoms with Gasteiger partial charge in [0.15, 0.2) is 9.34 Å². The number of anilines is 1. The van der Waals surface area contributed by atoms with Gasteiger partial charge in [-0.3, -0.25) is 0 Å². The molecule has 1 aliphatic rings. The molecular weight excluding hydrogens is 334 g/mol. The molecule has 0 fully saturated rings. The van der Waals surface area contributed by atoms with E-state index in [2.05, 4.69) is 28.9 Å². The van der Waals surface area contributed by atoms with Gasteiger partial charge in [0.25, 0.3) is 0 Å². The third-order valence-corrected chi connectivity index (χ3v) is 6.15. The molecule has 0 bridgehead atoms. The molecule has 0 spiro atoms. The Labute approximate surface area is 140 Å². The topological polar surface area (TPSA) is 85.5 Å². The SMILES string of the molecule is CCCOc1ccc2c(c1)CCN(c1ncc(S(N)(=O)=O)s1)C2. The van der Waals surface area contributed by atoms with Crippen LogP contribution in [0.2, 0.25) is 0 Å². The van der Waals surface area contributed by atoms with Crippen molar-refractivity contribution in [3.63, 3.8) is 0 Å². The summed E-state index contributed by atoms with van der Waals surface area (Å²) in [6.07, 6.45) is 3.19. The van der Waals surface area contributed by atoms with Crippen molar-refractivity contribution in [2.75, 3.05) is 18.1 Å². The second-order valence-electron chi connectivity index (χ2n) is 5.46. The lowest BCUT2D eigenvalue weighted by atomic mass is 10.00. The fourth-order valence-corrected chi connectivity index (χ4v) is 4.09. The number of nitrogens with two attached hydrogens (primary N) is 1. The van der Waals surface area contributed by atoms with Crippen LogP contribution in [0.15, 0.2) is 28.6 Å². The molecule has 3 rings (SSSR count). The Morgan fingerprint density at radius 1 is 1.39 bits per heavy atom. The van der Waals surface area contributed by atoms with Crippen LogP contribution in [-0.2, 0) is 23.0 Å². The Kier molecular flexibility index (Phi) is 4.56. The first kappa shape index (κ1) is 16.2. The number of fused-ring (bicyclic) bond motifs is 1. The van der Waals surface area contributed by atoms with E-state index in [-0.39, 0.29) is 4.21 Å². The van der Waals surface area contributed by atoms with Crippen LogP contribution >= 0.6 is 11.3 Å². The van der Waals surface area contributed by atoms with E-state index in [0.717, 1.165) is 43.1 Å². The first-order valence-corrected chi connectivity index (χ1v) is 9.82. The normalized spacial score (nSPS) is 14.6. The van der Waals surface area contributed by atoms with Crippen LogP contribution < -0.4 is 14.8 Å². The van der Waals surface area contributed by atoms with Crippen LogP contribution in [0.3, 0.4) is 0 Å². The average molecular weight is 353 g/mol. The second-order valence-corrected chi connectivity index (χ2v) is 8.25. The highest BCUT2D eigenvalue weighted by Crippen LogP contribution is 2.31. The molecule has 0 unspecified atom stereocenters. The number of hydrogen-bond donors (Lipinski definition) is 1. The van der Waals surface area contributed by atoms with Gasteiger partial charge in [-0.25, -0.2) is 18.5 Å². The molecule has 23 heavy (non-hydrogen) atoms.